The zero-order valence-corrected chi connectivity index (χ0v) is 45.6. The van der Waals surface area contributed by atoms with Crippen molar-refractivity contribution in [1.82, 2.24) is 36.8 Å². The summed E-state index contributed by atoms with van der Waals surface area (Å²) in [6, 6.07) is -0.224. The number of halogens is 2. The normalized spacial score (nSPS) is 22.0. The number of phenols is 4. The Hall–Kier alpha value is -9.37. The van der Waals surface area contributed by atoms with E-state index in [1.165, 1.54) is 32.2 Å². The number of carboxylic acids is 1. The number of phenolic OH excluding ortho intramolecular Hbond substituents is 4. The van der Waals surface area contributed by atoms with E-state index in [2.05, 4.69) is 31.9 Å². The second-order valence-electron chi connectivity index (χ2n) is 20.2. The number of nitrogens with one attached hydrogen (secondary N) is 6. The third-order valence-corrected chi connectivity index (χ3v) is 14.5. The highest BCUT2D eigenvalue weighted by atomic mass is 35.5. The summed E-state index contributed by atoms with van der Waals surface area (Å²) in [5, 5.41) is 93.3. The number of carboxylic acid groups (broad SMARTS) is 1. The van der Waals surface area contributed by atoms with Crippen LogP contribution in [0.2, 0.25) is 10.0 Å². The molecule has 0 aliphatic carbocycles. The molecule has 26 nitrogen and oxygen atoms in total. The van der Waals surface area contributed by atoms with Gasteiger partial charge in [0, 0.05) is 36.7 Å². The number of carbonyl (C=O) groups excluding carboxylic acids is 8. The monoisotopic (exact) mass is 1180 g/mol. The number of nitrogens with zero attached hydrogens (tertiary/aromatic N) is 1. The van der Waals surface area contributed by atoms with E-state index in [0.717, 1.165) is 65.6 Å². The number of likely N-dealkylation sites (N-methyl/N-ethyl adjacent to an activating group) is 1. The van der Waals surface area contributed by atoms with Gasteiger partial charge in [0.2, 0.25) is 53.0 Å². The maximum Gasteiger partial charge on any atom is 0.330 e. The van der Waals surface area contributed by atoms with Crippen molar-refractivity contribution in [3.63, 3.8) is 0 Å². The van der Waals surface area contributed by atoms with Crippen LogP contribution in [0.4, 0.5) is 0 Å². The van der Waals surface area contributed by atoms with Gasteiger partial charge < -0.3 is 87.8 Å². The lowest BCUT2D eigenvalue weighted by molar-refractivity contribution is -0.143. The van der Waals surface area contributed by atoms with Gasteiger partial charge in [0.05, 0.1) is 16.5 Å². The molecule has 15 N–H and O–H groups in total. The number of primary amides is 1. The average Bonchev–Trinajstić information content (AvgIpc) is 3.40. The van der Waals surface area contributed by atoms with Crippen molar-refractivity contribution >= 4 is 76.4 Å². The highest BCUT2D eigenvalue weighted by Crippen LogP contribution is 2.47. The first-order valence-corrected chi connectivity index (χ1v) is 26.0. The van der Waals surface area contributed by atoms with Gasteiger partial charge >= 0.3 is 5.97 Å². The third-order valence-electron chi connectivity index (χ3n) is 13.9. The molecule has 0 aromatic heterocycles. The molecule has 28 heteroatoms. The van der Waals surface area contributed by atoms with E-state index < -0.39 is 165 Å². The minimum Gasteiger partial charge on any atom is -0.508 e. The summed E-state index contributed by atoms with van der Waals surface area (Å²) in [6.45, 7) is 4.74. The summed E-state index contributed by atoms with van der Waals surface area (Å²) >= 11 is 13.5. The van der Waals surface area contributed by atoms with Gasteiger partial charge in [-0.05, 0) is 89.2 Å². The van der Waals surface area contributed by atoms with Gasteiger partial charge in [0.1, 0.15) is 77.2 Å². The topological polar surface area (TPSA) is 415 Å². The van der Waals surface area contributed by atoms with E-state index in [0.29, 0.717) is 0 Å². The van der Waals surface area contributed by atoms with Crippen molar-refractivity contribution in [3.05, 3.63) is 117 Å². The molecule has 0 unspecified atom stereocenters. The number of rotatable bonds is 8. The van der Waals surface area contributed by atoms with E-state index >= 15 is 9.59 Å². The van der Waals surface area contributed by atoms with Crippen molar-refractivity contribution in [2.24, 2.45) is 11.7 Å². The van der Waals surface area contributed by atoms with Crippen LogP contribution >= 0.6 is 23.2 Å². The third kappa shape index (κ3) is 12.6. The first-order valence-electron chi connectivity index (χ1n) is 25.3. The molecule has 0 fully saturated rings. The fourth-order valence-electron chi connectivity index (χ4n) is 9.62. The van der Waals surface area contributed by atoms with Gasteiger partial charge in [-0.25, -0.2) is 4.79 Å². The molecular formula is C55H54Cl2N8O18. The number of nitrogens with two attached hydrogens (primary N) is 1. The molecule has 10 rings (SSSR count). The number of ether oxygens (including phenoxy) is 2. The fourth-order valence-corrected chi connectivity index (χ4v) is 10.1. The first-order chi connectivity index (χ1) is 39.1. The smallest absolute Gasteiger partial charge is 0.330 e. The molecule has 11 bridgehead atoms. The summed E-state index contributed by atoms with van der Waals surface area (Å²) in [7, 11) is 1.35. The Balaban J connectivity index is 1.35. The zero-order valence-electron chi connectivity index (χ0n) is 44.1. The van der Waals surface area contributed by atoms with Crippen molar-refractivity contribution in [3.8, 4) is 57.1 Å². The number of carbonyl (C=O) groups is 9. The maximum absolute atomic E-state index is 15.4. The van der Waals surface area contributed by atoms with Gasteiger partial charge in [-0.1, -0.05) is 55.2 Å². The van der Waals surface area contributed by atoms with Crippen molar-refractivity contribution < 1.29 is 88.4 Å². The van der Waals surface area contributed by atoms with Gasteiger partial charge in [0.25, 0.3) is 0 Å². The minimum atomic E-state index is -2.20. The molecule has 0 saturated heterocycles. The van der Waals surface area contributed by atoms with E-state index in [1.807, 2.05) is 0 Å². The van der Waals surface area contributed by atoms with E-state index in [1.54, 1.807) is 13.8 Å². The number of aromatic hydroxyl groups is 4. The predicted molar refractivity (Wildman–Crippen MR) is 290 cm³/mol. The number of hydrogen-bond acceptors (Lipinski definition) is 17. The molecule has 5 aromatic rings. The Labute approximate surface area is 480 Å². The molecule has 5 aliphatic rings. The Kier molecular flexibility index (Phi) is 17.3. The summed E-state index contributed by atoms with van der Waals surface area (Å²) in [5.74, 6) is -16.2. The van der Waals surface area contributed by atoms with E-state index in [-0.39, 0.29) is 56.1 Å². The number of aliphatic hydroxyl groups excluding tert-OH is 2. The molecule has 0 saturated carbocycles. The Morgan fingerprint density at radius 3 is 1.80 bits per heavy atom. The lowest BCUT2D eigenvalue weighted by Gasteiger charge is -2.32. The highest BCUT2D eigenvalue weighted by Gasteiger charge is 2.42. The van der Waals surface area contributed by atoms with Crippen molar-refractivity contribution in [2.45, 2.75) is 88.1 Å². The number of aliphatic hydroxyl groups is 2. The molecule has 0 spiro atoms. The van der Waals surface area contributed by atoms with E-state index in [9.17, 15) is 69.3 Å². The number of fused-ring (bicyclic) bond motifs is 15. The van der Waals surface area contributed by atoms with Crippen LogP contribution in [0.1, 0.15) is 91.8 Å². The van der Waals surface area contributed by atoms with Gasteiger partial charge in [-0.15, -0.1) is 0 Å². The van der Waals surface area contributed by atoms with Gasteiger partial charge in [-0.2, -0.15) is 0 Å². The molecular weight excluding hydrogens is 1130 g/mol. The molecule has 0 radical (unpaired) electrons. The summed E-state index contributed by atoms with van der Waals surface area (Å²) in [4.78, 5) is 128. The summed E-state index contributed by atoms with van der Waals surface area (Å²) < 4.78 is 12.2. The van der Waals surface area contributed by atoms with Crippen LogP contribution in [-0.2, 0) is 43.2 Å². The molecule has 83 heavy (non-hydrogen) atoms. The van der Waals surface area contributed by atoms with Crippen molar-refractivity contribution in [1.29, 1.82) is 0 Å². The van der Waals surface area contributed by atoms with Gasteiger partial charge in [-0.3, -0.25) is 38.4 Å². The molecule has 5 heterocycles. The second-order valence-corrected chi connectivity index (χ2v) is 21.0. The SMILES string of the molecule is CC(=O)N(C)[C@H](CC(C)C)C(=O)N[C@H]1C(=O)N[C@@H](CC(N)=O)C(=O)N[C@H]2C(=O)N[C@H]3C(=O)N[C@H](C(=O)N[C@H](C(=O)O)c4cc(O)cc(O)c4-c4cc3ccc4O)[C@H](O)c3ccc(c(Cl)c3)Oc3cc2cc(c3O)Oc2ccc(cc2Cl)[C@H]1O. The quantitative estimate of drug-likeness (QED) is 0.106. The lowest BCUT2D eigenvalue weighted by atomic mass is 9.89. The number of aliphatic carboxylic acids is 1. The molecule has 5 aromatic carbocycles. The summed E-state index contributed by atoms with van der Waals surface area (Å²) in [5.41, 5.74) is 3.17. The predicted octanol–water partition coefficient (Wildman–Crippen LogP) is 2.65. The maximum atomic E-state index is 15.4. The van der Waals surface area contributed by atoms with Crippen LogP contribution in [0.5, 0.6) is 46.0 Å². The summed E-state index contributed by atoms with van der Waals surface area (Å²) in [6.07, 6.45) is -5.12. The average molecular weight is 1190 g/mol. The molecule has 8 amide bonds. The van der Waals surface area contributed by atoms with Crippen LogP contribution < -0.4 is 47.1 Å². The highest BCUT2D eigenvalue weighted by molar-refractivity contribution is 6.32. The Morgan fingerprint density at radius 2 is 1.23 bits per heavy atom. The van der Waals surface area contributed by atoms with Crippen LogP contribution in [0.25, 0.3) is 11.1 Å². The zero-order chi connectivity index (χ0) is 60.6. The fraction of sp³-hybridized carbons (Fsp3) is 0.291. The molecule has 9 atom stereocenters. The second kappa shape index (κ2) is 24.0. The van der Waals surface area contributed by atoms with Crippen LogP contribution in [0.15, 0.2) is 78.9 Å². The lowest BCUT2D eigenvalue weighted by Crippen LogP contribution is -2.59. The van der Waals surface area contributed by atoms with Crippen molar-refractivity contribution in [2.75, 3.05) is 7.05 Å². The van der Waals surface area contributed by atoms with E-state index in [4.69, 9.17) is 38.4 Å². The van der Waals surface area contributed by atoms with Crippen LogP contribution in [0, 0.1) is 5.92 Å². The number of benzene rings is 5. The molecule has 436 valence electrons. The number of hydrogen-bond donors (Lipinski definition) is 14. The Morgan fingerprint density at radius 1 is 0.663 bits per heavy atom. The van der Waals surface area contributed by atoms with Gasteiger partial charge in [0.15, 0.2) is 17.5 Å². The standard InChI is InChI=1S/C55H54Cl2N8O18/c1-20(2)11-32(65(4)21(3)66)50(75)63-44-46(71)23-6-9-35(29(56)13-23)82-37-15-25-16-38(48(37)73)83-36-10-7-24(14-30(36)57)47(72)45-54(79)62-43(55(80)81)28-17-26(67)18-34(69)40(28)27-12-22(5-8-33(27)68)41(51(76)64-45)61-52(77)42(25)60-49(74)31(19-39(58)70)59-53(44)78/h5-10,12-18,20,31-32,41-47,67-69,71-73H,11,19H2,1-4H3,(H2,58,70)(H,59,78)(H,60,74)(H,61,77)(H,62,79)(H,63,75)(H,64,76)(H,80,81)/t31-,32+,41+,42+,43-,44+,45-,46+,47+/m0/s1. The van der Waals surface area contributed by atoms with Crippen LogP contribution in [0.3, 0.4) is 0 Å². The largest absolute Gasteiger partial charge is 0.508 e. The molecule has 5 aliphatic heterocycles. The van der Waals surface area contributed by atoms with Crippen LogP contribution in [-0.4, -0.2) is 125 Å². The first kappa shape index (κ1) is 59.7. The number of amides is 8. The Bertz CT molecular complexity index is 3530. The minimum absolute atomic E-state index is 0.0733.